The summed E-state index contributed by atoms with van der Waals surface area (Å²) in [5.74, 6) is -4.29. The molecule has 2 fully saturated rings. The number of amides is 3. The van der Waals surface area contributed by atoms with Crippen molar-refractivity contribution in [2.75, 3.05) is 36.0 Å². The summed E-state index contributed by atoms with van der Waals surface area (Å²) < 4.78 is 90.1. The number of nitrogens with one attached hydrogen (secondary N) is 1. The number of alkyl halides is 4. The van der Waals surface area contributed by atoms with Crippen LogP contribution >= 0.6 is 12.4 Å². The van der Waals surface area contributed by atoms with E-state index in [-0.39, 0.29) is 95.0 Å². The first kappa shape index (κ1) is 46.9. The second kappa shape index (κ2) is 20.7. The van der Waals surface area contributed by atoms with Crippen molar-refractivity contribution < 1.29 is 49.6 Å². The summed E-state index contributed by atoms with van der Waals surface area (Å²) in [5, 5.41) is 16.6. The minimum Gasteiger partial charge on any atom is -0.415 e. The molecule has 0 saturated carbocycles. The van der Waals surface area contributed by atoms with Crippen LogP contribution < -0.4 is 15.1 Å². The van der Waals surface area contributed by atoms with Crippen molar-refractivity contribution in [3.63, 3.8) is 0 Å². The molecule has 336 valence electrons. The Labute approximate surface area is 368 Å². The highest BCUT2D eigenvalue weighted by molar-refractivity contribution is 5.97. The molecule has 3 amide bonds. The third-order valence-corrected chi connectivity index (χ3v) is 10.3. The van der Waals surface area contributed by atoms with E-state index in [0.717, 1.165) is 12.1 Å². The zero-order valence-corrected chi connectivity index (χ0v) is 35.0. The lowest BCUT2D eigenvalue weighted by atomic mass is 9.95. The zero-order valence-electron chi connectivity index (χ0n) is 34.2. The molecule has 64 heavy (non-hydrogen) atoms. The van der Waals surface area contributed by atoms with Crippen molar-refractivity contribution in [2.24, 2.45) is 17.8 Å². The van der Waals surface area contributed by atoms with Gasteiger partial charge in [0, 0.05) is 65.7 Å². The predicted octanol–water partition coefficient (Wildman–Crippen LogP) is 8.45. The van der Waals surface area contributed by atoms with E-state index in [0.29, 0.717) is 37.6 Å². The standard InChI is InChI=1S/C24H23F3N4O3.C20H17F3N4O2.ClH/c1-14(2)23(32)30-11-17(12-30)24(33)31(18-6-4-3-5-7-18)13-16-9-8-15(10-19(16)25)21-28-29-22(34-21)20(26)27;21-16-8-12(18-25-26-19(29-18)17(22)23)6-7-13(16)11-27(15-4-2-1-3-5-15)20(28)14-9-24-10-14;/h3-10,14,17,20H,11-13H2,1-2H3;1-8,14,17,24H,9-11H2;1H. The number of nitrogens with zero attached hydrogens (tertiary/aromatic N) is 7. The van der Waals surface area contributed by atoms with Crippen molar-refractivity contribution in [3.05, 3.63) is 132 Å². The second-order valence-electron chi connectivity index (χ2n) is 15.1. The SMILES string of the molecule is CC(C)C(=O)N1CC(C(=O)N(Cc2ccc(-c3nnc(C(F)F)o3)cc2F)c2ccccc2)C1.Cl.O=C(C1CNC1)N(Cc1ccc(-c2nnc(C(F)F)o2)cc1F)c1ccccc1. The number of hydrogen-bond acceptors (Lipinski definition) is 10. The Hall–Kier alpha value is -6.60. The molecule has 2 aliphatic heterocycles. The molecule has 4 heterocycles. The van der Waals surface area contributed by atoms with Gasteiger partial charge < -0.3 is 28.9 Å². The quantitative estimate of drug-likeness (QED) is 0.112. The third-order valence-electron chi connectivity index (χ3n) is 10.3. The van der Waals surface area contributed by atoms with Crippen LogP contribution in [-0.4, -0.2) is 69.2 Å². The van der Waals surface area contributed by atoms with Crippen molar-refractivity contribution in [1.82, 2.24) is 30.6 Å². The molecule has 20 heteroatoms. The summed E-state index contributed by atoms with van der Waals surface area (Å²) in [6.07, 6.45) is -5.82. The van der Waals surface area contributed by atoms with Gasteiger partial charge in [-0.3, -0.25) is 14.4 Å². The fraction of sp³-hybridized carbons (Fsp3) is 0.295. The number of likely N-dealkylation sites (tertiary alicyclic amines) is 1. The van der Waals surface area contributed by atoms with E-state index in [2.05, 4.69) is 25.7 Å². The molecule has 0 aliphatic carbocycles. The van der Waals surface area contributed by atoms with E-state index in [1.807, 2.05) is 38.1 Å². The van der Waals surface area contributed by atoms with Gasteiger partial charge in [0.15, 0.2) is 0 Å². The summed E-state index contributed by atoms with van der Waals surface area (Å²) in [6, 6.07) is 26.1. The molecule has 0 radical (unpaired) electrons. The molecule has 1 N–H and O–H groups in total. The summed E-state index contributed by atoms with van der Waals surface area (Å²) in [4.78, 5) is 43.0. The molecule has 2 saturated heterocycles. The normalized spacial score (nSPS) is 13.8. The molecule has 0 unspecified atom stereocenters. The van der Waals surface area contributed by atoms with Crippen LogP contribution in [0.5, 0.6) is 0 Å². The van der Waals surface area contributed by atoms with Gasteiger partial charge in [-0.15, -0.1) is 32.8 Å². The number of carbonyl (C=O) groups excluding carboxylic acids is 3. The average Bonchev–Trinajstić information content (AvgIpc) is 3.95. The predicted molar refractivity (Wildman–Crippen MR) is 223 cm³/mol. The first-order valence-corrected chi connectivity index (χ1v) is 19.8. The lowest BCUT2D eigenvalue weighted by Gasteiger charge is -2.41. The van der Waals surface area contributed by atoms with E-state index in [9.17, 15) is 40.7 Å². The van der Waals surface area contributed by atoms with Gasteiger partial charge in [0.25, 0.3) is 11.8 Å². The minimum atomic E-state index is -2.92. The number of anilines is 2. The summed E-state index contributed by atoms with van der Waals surface area (Å²) in [6.45, 7) is 5.44. The molecule has 2 aromatic heterocycles. The Morgan fingerprint density at radius 1 is 0.656 bits per heavy atom. The van der Waals surface area contributed by atoms with Gasteiger partial charge >= 0.3 is 12.9 Å². The van der Waals surface area contributed by atoms with Crippen LogP contribution in [0.15, 0.2) is 106 Å². The lowest BCUT2D eigenvalue weighted by molar-refractivity contribution is -0.144. The van der Waals surface area contributed by atoms with E-state index in [4.69, 9.17) is 8.83 Å². The number of benzene rings is 4. The lowest BCUT2D eigenvalue weighted by Crippen LogP contribution is -2.57. The molecule has 2 aliphatic rings. The van der Waals surface area contributed by atoms with E-state index >= 15 is 0 Å². The van der Waals surface area contributed by atoms with Crippen LogP contribution in [0.1, 0.15) is 49.6 Å². The average molecular weight is 911 g/mol. The largest absolute Gasteiger partial charge is 0.415 e. The Morgan fingerprint density at radius 3 is 1.42 bits per heavy atom. The Balaban J connectivity index is 0.000000212. The van der Waals surface area contributed by atoms with Gasteiger partial charge in [-0.1, -0.05) is 62.4 Å². The number of rotatable bonds is 13. The maximum atomic E-state index is 15.0. The Morgan fingerprint density at radius 2 is 1.08 bits per heavy atom. The van der Waals surface area contributed by atoms with Crippen LogP contribution in [0.3, 0.4) is 0 Å². The summed E-state index contributed by atoms with van der Waals surface area (Å²) >= 11 is 0. The highest BCUT2D eigenvalue weighted by atomic mass is 35.5. The number of hydrogen-bond donors (Lipinski definition) is 1. The van der Waals surface area contributed by atoms with Crippen molar-refractivity contribution >= 4 is 41.5 Å². The fourth-order valence-electron chi connectivity index (χ4n) is 6.73. The zero-order chi connectivity index (χ0) is 44.8. The second-order valence-corrected chi connectivity index (χ2v) is 15.1. The summed E-state index contributed by atoms with van der Waals surface area (Å²) in [7, 11) is 0. The monoisotopic (exact) mass is 910 g/mol. The number of aromatic nitrogens is 4. The van der Waals surface area contributed by atoms with Gasteiger partial charge in [-0.2, -0.15) is 17.6 Å². The molecule has 8 rings (SSSR count). The number of halogens is 7. The Kier molecular flexibility index (Phi) is 15.2. The van der Waals surface area contributed by atoms with Crippen molar-refractivity contribution in [2.45, 2.75) is 39.8 Å². The molecular formula is C44H41ClF6N8O5. The van der Waals surface area contributed by atoms with Gasteiger partial charge in [-0.05, 0) is 48.5 Å². The van der Waals surface area contributed by atoms with Crippen LogP contribution in [-0.2, 0) is 27.5 Å². The molecule has 0 atom stereocenters. The third kappa shape index (κ3) is 10.8. The summed E-state index contributed by atoms with van der Waals surface area (Å²) in [5.41, 5.74) is 2.12. The molecule has 0 spiro atoms. The number of para-hydroxylation sites is 2. The van der Waals surface area contributed by atoms with E-state index in [1.54, 1.807) is 46.2 Å². The molecule has 13 nitrogen and oxygen atoms in total. The van der Waals surface area contributed by atoms with Gasteiger partial charge in [-0.25, -0.2) is 8.78 Å². The van der Waals surface area contributed by atoms with E-state index in [1.165, 1.54) is 29.2 Å². The van der Waals surface area contributed by atoms with E-state index < -0.39 is 36.3 Å². The van der Waals surface area contributed by atoms with Crippen molar-refractivity contribution in [1.29, 1.82) is 0 Å². The minimum absolute atomic E-state index is 0. The number of carbonyl (C=O) groups is 3. The first-order valence-electron chi connectivity index (χ1n) is 19.8. The maximum Gasteiger partial charge on any atom is 0.314 e. The van der Waals surface area contributed by atoms with Crippen LogP contribution in [0.4, 0.5) is 37.7 Å². The molecule has 6 aromatic rings. The van der Waals surface area contributed by atoms with Crippen LogP contribution in [0.2, 0.25) is 0 Å². The topological polar surface area (TPSA) is 151 Å². The van der Waals surface area contributed by atoms with Crippen LogP contribution in [0, 0.1) is 29.4 Å². The fourth-order valence-corrected chi connectivity index (χ4v) is 6.73. The highest BCUT2D eigenvalue weighted by Crippen LogP contribution is 2.30. The van der Waals surface area contributed by atoms with Gasteiger partial charge in [0.2, 0.25) is 29.5 Å². The van der Waals surface area contributed by atoms with Crippen molar-refractivity contribution in [3.8, 4) is 22.9 Å². The van der Waals surface area contributed by atoms with Gasteiger partial charge in [0.1, 0.15) is 11.6 Å². The van der Waals surface area contributed by atoms with Gasteiger partial charge in [0.05, 0.1) is 24.9 Å². The highest BCUT2D eigenvalue weighted by Gasteiger charge is 2.39. The molecular weight excluding hydrogens is 870 g/mol. The van der Waals surface area contributed by atoms with Crippen LogP contribution in [0.25, 0.3) is 22.9 Å². The molecule has 0 bridgehead atoms. The Bertz CT molecular complexity index is 2540. The first-order chi connectivity index (χ1) is 30.3. The maximum absolute atomic E-state index is 15.0. The smallest absolute Gasteiger partial charge is 0.314 e. The molecule has 4 aromatic carbocycles.